The molecule has 0 atom stereocenters. The molecule has 2 aromatic carbocycles. The maximum absolute atomic E-state index is 12.2. The molecule has 4 rings (SSSR count). The standard InChI is InChI=1S/C15H17N3O3.C13H14N4O2/c1-2-21-15(20)14(19)17(12-18-10-6-9-16-18)11-13-7-4-3-5-8-13;14-12(18)13(19)16(10-17-8-4-7-15-17)9-11-5-2-1-3-6-11/h3-10H,2,11-12H2,1H3;1-8H,9-10H2,(H2,14,18). The highest BCUT2D eigenvalue weighted by Crippen LogP contribution is 2.08. The minimum Gasteiger partial charge on any atom is -0.459 e. The minimum absolute atomic E-state index is 0.172. The molecule has 0 unspecified atom stereocenters. The van der Waals surface area contributed by atoms with Crippen molar-refractivity contribution in [2.45, 2.75) is 33.4 Å². The predicted octanol–water partition coefficient (Wildman–Crippen LogP) is 1.79. The first kappa shape index (κ1) is 29.3. The Morgan fingerprint density at radius 3 is 1.55 bits per heavy atom. The second-order valence-electron chi connectivity index (χ2n) is 8.44. The first-order valence-corrected chi connectivity index (χ1v) is 12.4. The Balaban J connectivity index is 0.000000222. The lowest BCUT2D eigenvalue weighted by atomic mass is 10.2. The maximum atomic E-state index is 12.2. The van der Waals surface area contributed by atoms with Crippen molar-refractivity contribution in [1.82, 2.24) is 29.4 Å². The van der Waals surface area contributed by atoms with Crippen molar-refractivity contribution < 1.29 is 23.9 Å². The molecule has 0 bridgehead atoms. The first-order valence-electron chi connectivity index (χ1n) is 12.4. The third-order valence-corrected chi connectivity index (χ3v) is 5.42. The molecule has 2 N–H and O–H groups in total. The number of esters is 1. The second-order valence-corrected chi connectivity index (χ2v) is 8.44. The van der Waals surface area contributed by atoms with Gasteiger partial charge in [0, 0.05) is 37.9 Å². The number of amides is 3. The van der Waals surface area contributed by atoms with Crippen LogP contribution in [0, 0.1) is 0 Å². The molecule has 2 aromatic heterocycles. The predicted molar refractivity (Wildman–Crippen MR) is 144 cm³/mol. The summed E-state index contributed by atoms with van der Waals surface area (Å²) in [5, 5.41) is 8.07. The van der Waals surface area contributed by atoms with Crippen LogP contribution in [0.3, 0.4) is 0 Å². The van der Waals surface area contributed by atoms with Crippen LogP contribution < -0.4 is 5.73 Å². The monoisotopic (exact) mass is 545 g/mol. The summed E-state index contributed by atoms with van der Waals surface area (Å²) in [6.07, 6.45) is 6.67. The van der Waals surface area contributed by atoms with Crippen LogP contribution in [0.15, 0.2) is 97.6 Å². The topological polar surface area (TPSA) is 146 Å². The summed E-state index contributed by atoms with van der Waals surface area (Å²) in [4.78, 5) is 49.4. The number of benzene rings is 2. The van der Waals surface area contributed by atoms with Gasteiger partial charge in [0.1, 0.15) is 13.3 Å². The van der Waals surface area contributed by atoms with E-state index in [2.05, 4.69) is 10.2 Å². The summed E-state index contributed by atoms with van der Waals surface area (Å²) < 4.78 is 7.92. The number of hydrogen-bond donors (Lipinski definition) is 1. The molecule has 3 amide bonds. The summed E-state index contributed by atoms with van der Waals surface area (Å²) in [6.45, 7) is 2.84. The van der Waals surface area contributed by atoms with Gasteiger partial charge in [-0.2, -0.15) is 10.2 Å². The normalized spacial score (nSPS) is 10.1. The van der Waals surface area contributed by atoms with Crippen LogP contribution in [0.2, 0.25) is 0 Å². The highest BCUT2D eigenvalue weighted by atomic mass is 16.5. The van der Waals surface area contributed by atoms with Gasteiger partial charge in [-0.1, -0.05) is 60.7 Å². The van der Waals surface area contributed by atoms with Gasteiger partial charge < -0.3 is 20.3 Å². The highest BCUT2D eigenvalue weighted by Gasteiger charge is 2.24. The van der Waals surface area contributed by atoms with Crippen LogP contribution in [0.4, 0.5) is 0 Å². The minimum atomic E-state index is -0.969. The van der Waals surface area contributed by atoms with Gasteiger partial charge in [-0.05, 0) is 30.2 Å². The van der Waals surface area contributed by atoms with Crippen molar-refractivity contribution in [3.8, 4) is 0 Å². The summed E-state index contributed by atoms with van der Waals surface area (Å²) >= 11 is 0. The summed E-state index contributed by atoms with van der Waals surface area (Å²) in [7, 11) is 0. The molecule has 12 heteroatoms. The maximum Gasteiger partial charge on any atom is 0.397 e. The number of ether oxygens (including phenoxy) is 1. The number of nitrogens with two attached hydrogens (primary N) is 1. The van der Waals surface area contributed by atoms with Crippen LogP contribution in [-0.4, -0.2) is 59.7 Å². The van der Waals surface area contributed by atoms with E-state index in [0.29, 0.717) is 13.1 Å². The smallest absolute Gasteiger partial charge is 0.397 e. The van der Waals surface area contributed by atoms with Gasteiger partial charge in [0.05, 0.1) is 6.61 Å². The molecule has 0 fully saturated rings. The van der Waals surface area contributed by atoms with Crippen molar-refractivity contribution in [3.63, 3.8) is 0 Å². The molecule has 208 valence electrons. The van der Waals surface area contributed by atoms with E-state index in [4.69, 9.17) is 10.5 Å². The lowest BCUT2D eigenvalue weighted by Gasteiger charge is -2.21. The Morgan fingerprint density at radius 1 is 0.725 bits per heavy atom. The summed E-state index contributed by atoms with van der Waals surface area (Å²) in [5.74, 6) is -3.21. The quantitative estimate of drug-likeness (QED) is 0.249. The molecule has 4 aromatic rings. The zero-order chi connectivity index (χ0) is 28.7. The zero-order valence-electron chi connectivity index (χ0n) is 22.1. The van der Waals surface area contributed by atoms with Gasteiger partial charge in [0.15, 0.2) is 0 Å². The van der Waals surface area contributed by atoms with E-state index in [9.17, 15) is 19.2 Å². The largest absolute Gasteiger partial charge is 0.459 e. The van der Waals surface area contributed by atoms with Gasteiger partial charge >= 0.3 is 23.7 Å². The van der Waals surface area contributed by atoms with Crippen LogP contribution >= 0.6 is 0 Å². The van der Waals surface area contributed by atoms with Gasteiger partial charge in [0.2, 0.25) is 0 Å². The molecule has 40 heavy (non-hydrogen) atoms. The van der Waals surface area contributed by atoms with E-state index >= 15 is 0 Å². The number of carbonyl (C=O) groups is 4. The van der Waals surface area contributed by atoms with Crippen LogP contribution in [0.25, 0.3) is 0 Å². The third-order valence-electron chi connectivity index (χ3n) is 5.42. The molecule has 0 aliphatic carbocycles. The molecule has 0 spiro atoms. The molecule has 12 nitrogen and oxygen atoms in total. The van der Waals surface area contributed by atoms with E-state index in [0.717, 1.165) is 11.1 Å². The Hall–Kier alpha value is -5.26. The van der Waals surface area contributed by atoms with Gasteiger partial charge in [0.25, 0.3) is 0 Å². The molecule has 0 aliphatic rings. The van der Waals surface area contributed by atoms with Crippen molar-refractivity contribution in [3.05, 3.63) is 109 Å². The molecule has 0 aliphatic heterocycles. The van der Waals surface area contributed by atoms with Gasteiger partial charge in [-0.25, -0.2) is 4.79 Å². The number of aromatic nitrogens is 4. The fourth-order valence-corrected chi connectivity index (χ4v) is 3.58. The van der Waals surface area contributed by atoms with E-state index in [-0.39, 0.29) is 19.9 Å². The fraction of sp³-hybridized carbons (Fsp3) is 0.214. The molecule has 0 saturated heterocycles. The van der Waals surface area contributed by atoms with E-state index in [1.807, 2.05) is 60.7 Å². The average molecular weight is 546 g/mol. The van der Waals surface area contributed by atoms with E-state index in [1.54, 1.807) is 53.2 Å². The van der Waals surface area contributed by atoms with E-state index < -0.39 is 23.7 Å². The average Bonchev–Trinajstić information content (AvgIpc) is 3.68. The molecular weight excluding hydrogens is 514 g/mol. The molecule has 0 radical (unpaired) electrons. The Labute approximate surface area is 231 Å². The highest BCUT2D eigenvalue weighted by molar-refractivity contribution is 6.34. The van der Waals surface area contributed by atoms with Crippen LogP contribution in [-0.2, 0) is 50.3 Å². The van der Waals surface area contributed by atoms with Crippen molar-refractivity contribution in [1.29, 1.82) is 0 Å². The zero-order valence-corrected chi connectivity index (χ0v) is 22.1. The first-order chi connectivity index (χ1) is 19.4. The number of primary amides is 1. The Bertz CT molecular complexity index is 1340. The van der Waals surface area contributed by atoms with Crippen molar-refractivity contribution in [2.24, 2.45) is 5.73 Å². The molecule has 2 heterocycles. The van der Waals surface area contributed by atoms with Gasteiger partial charge in [-0.3, -0.25) is 23.7 Å². The third kappa shape index (κ3) is 9.24. The number of carbonyl (C=O) groups excluding carboxylic acids is 4. The lowest BCUT2D eigenvalue weighted by molar-refractivity contribution is -0.161. The number of rotatable bonds is 9. The molecule has 0 saturated carbocycles. The van der Waals surface area contributed by atoms with E-state index in [1.165, 1.54) is 9.80 Å². The lowest BCUT2D eigenvalue weighted by Crippen LogP contribution is -2.40. The Morgan fingerprint density at radius 2 is 1.18 bits per heavy atom. The number of nitrogens with zero attached hydrogens (tertiary/aromatic N) is 6. The Kier molecular flexibility index (Phi) is 11.2. The molecular formula is C28H31N7O5. The summed E-state index contributed by atoms with van der Waals surface area (Å²) in [5.41, 5.74) is 6.91. The SMILES string of the molecule is CCOC(=O)C(=O)N(Cc1ccccc1)Cn1cccn1.NC(=O)C(=O)N(Cc1ccccc1)Cn1cccn1. The van der Waals surface area contributed by atoms with Crippen LogP contribution in [0.1, 0.15) is 18.1 Å². The van der Waals surface area contributed by atoms with Crippen LogP contribution in [0.5, 0.6) is 0 Å². The summed E-state index contributed by atoms with van der Waals surface area (Å²) in [6, 6.07) is 22.4. The second kappa shape index (κ2) is 15.2. The number of hydrogen-bond acceptors (Lipinski definition) is 7. The van der Waals surface area contributed by atoms with Crippen molar-refractivity contribution in [2.75, 3.05) is 6.61 Å². The fourth-order valence-electron chi connectivity index (χ4n) is 3.58. The van der Waals surface area contributed by atoms with Crippen molar-refractivity contribution >= 4 is 23.7 Å². The van der Waals surface area contributed by atoms with Gasteiger partial charge in [-0.15, -0.1) is 0 Å².